The van der Waals surface area contributed by atoms with E-state index in [-0.39, 0.29) is 12.3 Å². The van der Waals surface area contributed by atoms with Gasteiger partial charge in [-0.2, -0.15) is 5.10 Å². The highest BCUT2D eigenvalue weighted by Gasteiger charge is 2.28. The number of nitrogens with one attached hydrogen (secondary N) is 1. The summed E-state index contributed by atoms with van der Waals surface area (Å²) in [5.74, 6) is 0.336. The normalized spacial score (nSPS) is 15.4. The van der Waals surface area contributed by atoms with Gasteiger partial charge in [0.05, 0.1) is 12.1 Å². The monoisotopic (exact) mass is 284 g/mol. The van der Waals surface area contributed by atoms with Gasteiger partial charge in [0, 0.05) is 18.4 Å². The zero-order valence-electron chi connectivity index (χ0n) is 11.8. The van der Waals surface area contributed by atoms with Crippen molar-refractivity contribution in [2.75, 3.05) is 11.4 Å². The standard InChI is InChI=1S/C15H16N4O2/c1-3-8-19-13-10(2)5-4-6-11(13)14(17-19)18-9-7-12(20)16-15(18)21/h3-6H,1,7-9H2,2H3,(H,16,20,21). The van der Waals surface area contributed by atoms with Gasteiger partial charge in [-0.3, -0.25) is 19.7 Å². The lowest BCUT2D eigenvalue weighted by Gasteiger charge is -2.24. The summed E-state index contributed by atoms with van der Waals surface area (Å²) in [5.41, 5.74) is 2.07. The molecular formula is C15H16N4O2. The van der Waals surface area contributed by atoms with Crippen LogP contribution in [0.4, 0.5) is 10.6 Å². The van der Waals surface area contributed by atoms with Crippen LogP contribution in [0.15, 0.2) is 30.9 Å². The summed E-state index contributed by atoms with van der Waals surface area (Å²) in [6.07, 6.45) is 2.05. The van der Waals surface area contributed by atoms with Gasteiger partial charge in [-0.1, -0.05) is 18.2 Å². The summed E-state index contributed by atoms with van der Waals surface area (Å²) in [7, 11) is 0. The molecule has 0 bridgehead atoms. The fourth-order valence-corrected chi connectivity index (χ4v) is 2.62. The number of anilines is 1. The first kappa shape index (κ1) is 13.4. The number of hydrogen-bond acceptors (Lipinski definition) is 3. The van der Waals surface area contributed by atoms with Crippen molar-refractivity contribution in [3.8, 4) is 0 Å². The number of amides is 3. The van der Waals surface area contributed by atoms with E-state index in [1.165, 1.54) is 4.90 Å². The molecule has 0 spiro atoms. The Bertz CT molecular complexity index is 747. The topological polar surface area (TPSA) is 67.2 Å². The number of rotatable bonds is 3. The SMILES string of the molecule is C=CCn1nc(N2CCC(=O)NC2=O)c2cccc(C)c21. The van der Waals surface area contributed by atoms with E-state index in [0.717, 1.165) is 16.5 Å². The highest BCUT2D eigenvalue weighted by Crippen LogP contribution is 2.29. The van der Waals surface area contributed by atoms with Crippen molar-refractivity contribution in [3.05, 3.63) is 36.4 Å². The lowest BCUT2D eigenvalue weighted by molar-refractivity contribution is -0.120. The van der Waals surface area contributed by atoms with Gasteiger partial charge in [0.25, 0.3) is 0 Å². The maximum atomic E-state index is 12.0. The fourth-order valence-electron chi connectivity index (χ4n) is 2.62. The highest BCUT2D eigenvalue weighted by molar-refractivity contribution is 6.09. The summed E-state index contributed by atoms with van der Waals surface area (Å²) in [5, 5.41) is 7.77. The van der Waals surface area contributed by atoms with Crippen LogP contribution in [0, 0.1) is 6.92 Å². The summed E-state index contributed by atoms with van der Waals surface area (Å²) in [6.45, 7) is 6.66. The van der Waals surface area contributed by atoms with Gasteiger partial charge in [0.1, 0.15) is 0 Å². The Hall–Kier alpha value is -2.63. The van der Waals surface area contributed by atoms with Crippen molar-refractivity contribution < 1.29 is 9.59 Å². The minimum Gasteiger partial charge on any atom is -0.278 e. The van der Waals surface area contributed by atoms with Crippen LogP contribution in [0.3, 0.4) is 0 Å². The van der Waals surface area contributed by atoms with Gasteiger partial charge in [0.2, 0.25) is 5.91 Å². The molecule has 0 aliphatic carbocycles. The molecule has 0 radical (unpaired) electrons. The minimum atomic E-state index is -0.419. The Morgan fingerprint density at radius 2 is 2.24 bits per heavy atom. The average Bonchev–Trinajstić information content (AvgIpc) is 2.79. The van der Waals surface area contributed by atoms with Crippen molar-refractivity contribution in [1.82, 2.24) is 15.1 Å². The molecule has 0 atom stereocenters. The van der Waals surface area contributed by atoms with E-state index in [2.05, 4.69) is 17.0 Å². The molecule has 1 aromatic carbocycles. The van der Waals surface area contributed by atoms with Crippen molar-refractivity contribution >= 4 is 28.7 Å². The number of carbonyl (C=O) groups excluding carboxylic acids is 2. The Morgan fingerprint density at radius 3 is 2.95 bits per heavy atom. The van der Waals surface area contributed by atoms with E-state index < -0.39 is 6.03 Å². The van der Waals surface area contributed by atoms with Crippen molar-refractivity contribution in [3.63, 3.8) is 0 Å². The van der Waals surface area contributed by atoms with Gasteiger partial charge < -0.3 is 0 Å². The minimum absolute atomic E-state index is 0.248. The second kappa shape index (κ2) is 5.05. The van der Waals surface area contributed by atoms with Crippen molar-refractivity contribution in [1.29, 1.82) is 0 Å². The molecule has 108 valence electrons. The summed E-state index contributed by atoms with van der Waals surface area (Å²) < 4.78 is 1.83. The molecule has 21 heavy (non-hydrogen) atoms. The van der Waals surface area contributed by atoms with Gasteiger partial charge in [-0.15, -0.1) is 6.58 Å². The predicted octanol–water partition coefficient (Wildman–Crippen LogP) is 1.98. The van der Waals surface area contributed by atoms with Crippen LogP contribution in [0.25, 0.3) is 10.9 Å². The van der Waals surface area contributed by atoms with Crippen molar-refractivity contribution in [2.24, 2.45) is 0 Å². The van der Waals surface area contributed by atoms with Crippen LogP contribution in [-0.4, -0.2) is 28.3 Å². The maximum Gasteiger partial charge on any atom is 0.329 e. The van der Waals surface area contributed by atoms with Gasteiger partial charge >= 0.3 is 6.03 Å². The summed E-state index contributed by atoms with van der Waals surface area (Å²) >= 11 is 0. The van der Waals surface area contributed by atoms with Crippen LogP contribution in [-0.2, 0) is 11.3 Å². The van der Waals surface area contributed by atoms with Gasteiger partial charge in [0.15, 0.2) is 5.82 Å². The average molecular weight is 284 g/mol. The molecule has 1 aliphatic heterocycles. The Balaban J connectivity index is 2.14. The summed E-state index contributed by atoms with van der Waals surface area (Å²) in [4.78, 5) is 24.8. The molecule has 0 saturated carbocycles. The predicted molar refractivity (Wildman–Crippen MR) is 80.2 cm³/mol. The first-order valence-corrected chi connectivity index (χ1v) is 6.80. The molecule has 2 aromatic rings. The van der Waals surface area contributed by atoms with Crippen LogP contribution in [0.5, 0.6) is 0 Å². The number of imide groups is 1. The largest absolute Gasteiger partial charge is 0.329 e. The first-order chi connectivity index (χ1) is 10.1. The number of aromatic nitrogens is 2. The molecule has 3 rings (SSSR count). The zero-order chi connectivity index (χ0) is 15.0. The van der Waals surface area contributed by atoms with E-state index in [0.29, 0.717) is 18.9 Å². The molecule has 1 fully saturated rings. The Labute approximate surface area is 122 Å². The molecule has 3 amide bonds. The van der Waals surface area contributed by atoms with E-state index in [1.807, 2.05) is 29.8 Å². The molecule has 1 aliphatic rings. The number of fused-ring (bicyclic) bond motifs is 1. The molecule has 2 heterocycles. The number of carbonyl (C=O) groups is 2. The van der Waals surface area contributed by atoms with Crippen LogP contribution in [0.1, 0.15) is 12.0 Å². The zero-order valence-corrected chi connectivity index (χ0v) is 11.8. The molecule has 1 saturated heterocycles. The molecule has 6 nitrogen and oxygen atoms in total. The van der Waals surface area contributed by atoms with Gasteiger partial charge in [-0.05, 0) is 18.6 Å². The lowest BCUT2D eigenvalue weighted by Crippen LogP contribution is -2.49. The number of aryl methyl sites for hydroxylation is 1. The van der Waals surface area contributed by atoms with Gasteiger partial charge in [-0.25, -0.2) is 4.79 Å². The highest BCUT2D eigenvalue weighted by atomic mass is 16.2. The smallest absolute Gasteiger partial charge is 0.278 e. The third kappa shape index (κ3) is 2.18. The van der Waals surface area contributed by atoms with Crippen LogP contribution in [0.2, 0.25) is 0 Å². The number of benzene rings is 1. The lowest BCUT2D eigenvalue weighted by atomic mass is 10.1. The third-order valence-electron chi connectivity index (χ3n) is 3.56. The molecule has 0 unspecified atom stereocenters. The third-order valence-corrected chi connectivity index (χ3v) is 3.56. The maximum absolute atomic E-state index is 12.0. The fraction of sp³-hybridized carbons (Fsp3) is 0.267. The first-order valence-electron chi connectivity index (χ1n) is 6.80. The number of urea groups is 1. The van der Waals surface area contributed by atoms with Crippen molar-refractivity contribution in [2.45, 2.75) is 19.9 Å². The quantitative estimate of drug-likeness (QED) is 0.876. The second-order valence-electron chi connectivity index (χ2n) is 5.02. The second-order valence-corrected chi connectivity index (χ2v) is 5.02. The van der Waals surface area contributed by atoms with E-state index in [1.54, 1.807) is 6.08 Å². The summed E-state index contributed by atoms with van der Waals surface area (Å²) in [6, 6.07) is 5.47. The number of para-hydroxylation sites is 1. The number of allylic oxidation sites excluding steroid dienone is 1. The Morgan fingerprint density at radius 1 is 1.43 bits per heavy atom. The van der Waals surface area contributed by atoms with Crippen LogP contribution >= 0.6 is 0 Å². The number of nitrogens with zero attached hydrogens (tertiary/aromatic N) is 3. The van der Waals surface area contributed by atoms with E-state index in [4.69, 9.17) is 0 Å². The molecule has 1 N–H and O–H groups in total. The van der Waals surface area contributed by atoms with Crippen LogP contribution < -0.4 is 10.2 Å². The van der Waals surface area contributed by atoms with E-state index >= 15 is 0 Å². The molecule has 6 heteroatoms. The number of hydrogen-bond donors (Lipinski definition) is 1. The van der Waals surface area contributed by atoms with E-state index in [9.17, 15) is 9.59 Å². The Kier molecular flexibility index (Phi) is 3.21. The molecular weight excluding hydrogens is 268 g/mol. The molecule has 1 aromatic heterocycles.